The molecule has 1 aromatic heterocycles. The molecule has 2 heterocycles. The lowest BCUT2D eigenvalue weighted by molar-refractivity contribution is -0.144. The molecular weight excluding hydrogens is 333 g/mol. The number of carbonyl (C=O) groups is 1. The van der Waals surface area contributed by atoms with Crippen LogP contribution >= 0.6 is 0 Å². The van der Waals surface area contributed by atoms with Gasteiger partial charge in [0.15, 0.2) is 0 Å². The van der Waals surface area contributed by atoms with Crippen molar-refractivity contribution in [2.24, 2.45) is 5.92 Å². The van der Waals surface area contributed by atoms with E-state index in [2.05, 4.69) is 16.9 Å². The van der Waals surface area contributed by atoms with E-state index in [1.807, 2.05) is 0 Å². The van der Waals surface area contributed by atoms with Crippen molar-refractivity contribution < 1.29 is 13.9 Å². The highest BCUT2D eigenvalue weighted by Gasteiger charge is 2.19. The first-order valence-corrected chi connectivity index (χ1v) is 8.87. The number of nitrogens with two attached hydrogens (primary N) is 1. The Morgan fingerprint density at radius 3 is 2.62 bits per heavy atom. The molecule has 0 bridgehead atoms. The normalized spacial score (nSPS) is 15.8. The maximum absolute atomic E-state index is 13.1. The smallest absolute Gasteiger partial charge is 0.311 e. The summed E-state index contributed by atoms with van der Waals surface area (Å²) >= 11 is 0. The van der Waals surface area contributed by atoms with Gasteiger partial charge in [-0.1, -0.05) is 0 Å². The molecule has 2 aromatic rings. The maximum Gasteiger partial charge on any atom is 0.311 e. The van der Waals surface area contributed by atoms with Crippen LogP contribution in [0.2, 0.25) is 0 Å². The Kier molecular flexibility index (Phi) is 5.83. The minimum atomic E-state index is -0.320. The van der Waals surface area contributed by atoms with Gasteiger partial charge in [0.25, 0.3) is 0 Å². The Labute approximate surface area is 153 Å². The van der Waals surface area contributed by atoms with Crippen LogP contribution in [0, 0.1) is 11.7 Å². The van der Waals surface area contributed by atoms with Crippen molar-refractivity contribution in [1.82, 2.24) is 9.88 Å². The van der Waals surface area contributed by atoms with Gasteiger partial charge in [0.1, 0.15) is 5.82 Å². The fourth-order valence-corrected chi connectivity index (χ4v) is 3.06. The van der Waals surface area contributed by atoms with Gasteiger partial charge >= 0.3 is 5.97 Å². The average molecular weight is 357 g/mol. The predicted octanol–water partition coefficient (Wildman–Crippen LogP) is 2.90. The average Bonchev–Trinajstić information content (AvgIpc) is 2.64. The van der Waals surface area contributed by atoms with Crippen LogP contribution in [0.3, 0.4) is 0 Å². The zero-order valence-corrected chi connectivity index (χ0v) is 15.0. The van der Waals surface area contributed by atoms with E-state index in [9.17, 15) is 9.18 Å². The molecule has 0 radical (unpaired) electrons. The molecule has 1 aliphatic rings. The number of ether oxygens (including phenoxy) is 1. The number of nitrogen functional groups attached to an aromatic ring is 1. The van der Waals surface area contributed by atoms with Gasteiger partial charge in [0.05, 0.1) is 30.1 Å². The lowest BCUT2D eigenvalue weighted by Crippen LogP contribution is -2.32. The standard InChI is InChI=1S/C20H24FN3O2/c1-24-10-8-14(9-11-24)13-26-20(25)12-19-17(22)6-7-18(23-19)15-2-4-16(21)5-3-15/h2-7,14H,8-13,22H2,1H3. The number of anilines is 1. The number of esters is 1. The summed E-state index contributed by atoms with van der Waals surface area (Å²) in [6, 6.07) is 9.53. The van der Waals surface area contributed by atoms with Crippen molar-refractivity contribution in [2.45, 2.75) is 19.3 Å². The second-order valence-corrected chi connectivity index (χ2v) is 6.85. The van der Waals surface area contributed by atoms with Crippen LogP contribution in [0.15, 0.2) is 36.4 Å². The van der Waals surface area contributed by atoms with E-state index in [0.717, 1.165) is 31.5 Å². The first-order chi connectivity index (χ1) is 12.5. The third-order valence-electron chi connectivity index (χ3n) is 4.78. The van der Waals surface area contributed by atoms with Crippen molar-refractivity contribution in [1.29, 1.82) is 0 Å². The van der Waals surface area contributed by atoms with Gasteiger partial charge in [-0.15, -0.1) is 0 Å². The largest absolute Gasteiger partial charge is 0.465 e. The topological polar surface area (TPSA) is 68.5 Å². The zero-order valence-electron chi connectivity index (χ0n) is 15.0. The van der Waals surface area contributed by atoms with Crippen LogP contribution in [0.4, 0.5) is 10.1 Å². The number of likely N-dealkylation sites (tertiary alicyclic amines) is 1. The minimum absolute atomic E-state index is 0.0352. The molecule has 2 N–H and O–H groups in total. The van der Waals surface area contributed by atoms with E-state index in [-0.39, 0.29) is 18.2 Å². The van der Waals surface area contributed by atoms with Crippen molar-refractivity contribution in [3.8, 4) is 11.3 Å². The van der Waals surface area contributed by atoms with Crippen LogP contribution in [0.5, 0.6) is 0 Å². The molecule has 138 valence electrons. The number of hydrogen-bond acceptors (Lipinski definition) is 5. The number of pyridine rings is 1. The Bertz CT molecular complexity index is 756. The fraction of sp³-hybridized carbons (Fsp3) is 0.400. The molecule has 5 nitrogen and oxygen atoms in total. The van der Waals surface area contributed by atoms with E-state index < -0.39 is 0 Å². The molecule has 0 aliphatic carbocycles. The second-order valence-electron chi connectivity index (χ2n) is 6.85. The quantitative estimate of drug-likeness (QED) is 0.834. The summed E-state index contributed by atoms with van der Waals surface area (Å²) in [7, 11) is 2.10. The van der Waals surface area contributed by atoms with Gasteiger partial charge in [-0.05, 0) is 75.3 Å². The van der Waals surface area contributed by atoms with Crippen LogP contribution in [0.25, 0.3) is 11.3 Å². The maximum atomic E-state index is 13.1. The summed E-state index contributed by atoms with van der Waals surface area (Å²) in [6.07, 6.45) is 2.13. The fourth-order valence-electron chi connectivity index (χ4n) is 3.06. The van der Waals surface area contributed by atoms with Crippen LogP contribution in [-0.4, -0.2) is 42.6 Å². The lowest BCUT2D eigenvalue weighted by atomic mass is 9.98. The molecule has 1 saturated heterocycles. The van der Waals surface area contributed by atoms with E-state index in [1.165, 1.54) is 12.1 Å². The molecule has 0 spiro atoms. The number of rotatable bonds is 5. The molecule has 26 heavy (non-hydrogen) atoms. The molecule has 0 unspecified atom stereocenters. The van der Waals surface area contributed by atoms with Crippen LogP contribution in [0.1, 0.15) is 18.5 Å². The summed E-state index contributed by atoms with van der Waals surface area (Å²) in [5.74, 6) is -0.202. The first-order valence-electron chi connectivity index (χ1n) is 8.87. The Morgan fingerprint density at radius 2 is 1.92 bits per heavy atom. The Balaban J connectivity index is 1.60. The van der Waals surface area contributed by atoms with E-state index >= 15 is 0 Å². The van der Waals surface area contributed by atoms with Gasteiger partial charge in [0.2, 0.25) is 0 Å². The third-order valence-corrected chi connectivity index (χ3v) is 4.78. The molecule has 3 rings (SSSR count). The van der Waals surface area contributed by atoms with Crippen molar-refractivity contribution in [3.63, 3.8) is 0 Å². The molecule has 6 heteroatoms. The zero-order chi connectivity index (χ0) is 18.5. The monoisotopic (exact) mass is 357 g/mol. The van der Waals surface area contributed by atoms with Gasteiger partial charge in [-0.2, -0.15) is 0 Å². The number of benzene rings is 1. The molecule has 1 aromatic carbocycles. The highest BCUT2D eigenvalue weighted by atomic mass is 19.1. The first kappa shape index (κ1) is 18.3. The summed E-state index contributed by atoms with van der Waals surface area (Å²) in [4.78, 5) is 18.9. The SMILES string of the molecule is CN1CCC(COC(=O)Cc2nc(-c3ccc(F)cc3)ccc2N)CC1. The number of halogens is 1. The van der Waals surface area contributed by atoms with Crippen molar-refractivity contribution >= 4 is 11.7 Å². The van der Waals surface area contributed by atoms with E-state index in [1.54, 1.807) is 24.3 Å². The van der Waals surface area contributed by atoms with Gasteiger partial charge in [-0.3, -0.25) is 9.78 Å². The molecule has 1 fully saturated rings. The number of aromatic nitrogens is 1. The van der Waals surface area contributed by atoms with Crippen LogP contribution < -0.4 is 5.73 Å². The van der Waals surface area contributed by atoms with Gasteiger partial charge < -0.3 is 15.4 Å². The summed E-state index contributed by atoms with van der Waals surface area (Å²) < 4.78 is 18.5. The van der Waals surface area contributed by atoms with Gasteiger partial charge in [-0.25, -0.2) is 4.39 Å². The molecule has 0 amide bonds. The molecule has 1 aliphatic heterocycles. The molecular formula is C20H24FN3O2. The number of hydrogen-bond donors (Lipinski definition) is 1. The summed E-state index contributed by atoms with van der Waals surface area (Å²) in [5, 5.41) is 0. The molecule has 0 saturated carbocycles. The highest BCUT2D eigenvalue weighted by Crippen LogP contribution is 2.21. The highest BCUT2D eigenvalue weighted by molar-refractivity contribution is 5.75. The Hall–Kier alpha value is -2.47. The van der Waals surface area contributed by atoms with Crippen LogP contribution in [-0.2, 0) is 16.0 Å². The second kappa shape index (κ2) is 8.27. The number of piperidine rings is 1. The van der Waals surface area contributed by atoms with Crippen molar-refractivity contribution in [2.75, 3.05) is 32.5 Å². The summed E-state index contributed by atoms with van der Waals surface area (Å²) in [5.41, 5.74) is 8.32. The predicted molar refractivity (Wildman–Crippen MR) is 98.9 cm³/mol. The molecule has 0 atom stereocenters. The van der Waals surface area contributed by atoms with Gasteiger partial charge in [0, 0.05) is 5.56 Å². The van der Waals surface area contributed by atoms with E-state index in [0.29, 0.717) is 29.6 Å². The third kappa shape index (κ3) is 4.79. The number of carbonyl (C=O) groups excluding carboxylic acids is 1. The number of nitrogens with zero attached hydrogens (tertiary/aromatic N) is 2. The summed E-state index contributed by atoms with van der Waals surface area (Å²) in [6.45, 7) is 2.52. The van der Waals surface area contributed by atoms with E-state index in [4.69, 9.17) is 10.5 Å². The lowest BCUT2D eigenvalue weighted by Gasteiger charge is -2.28. The Morgan fingerprint density at radius 1 is 1.23 bits per heavy atom. The minimum Gasteiger partial charge on any atom is -0.465 e. The van der Waals surface area contributed by atoms with Crippen molar-refractivity contribution in [3.05, 3.63) is 47.9 Å².